The molecule has 0 aromatic heterocycles. The molecule has 2 rings (SSSR count). The Bertz CT molecular complexity index is 689. The fourth-order valence-electron chi connectivity index (χ4n) is 1.44. The van der Waals surface area contributed by atoms with E-state index in [9.17, 15) is 18.0 Å². The summed E-state index contributed by atoms with van der Waals surface area (Å²) in [6.07, 6.45) is 0. The maximum atomic E-state index is 13.6. The predicted octanol–water partition coefficient (Wildman–Crippen LogP) is 4.36. The van der Waals surface area contributed by atoms with Crippen LogP contribution in [0.3, 0.4) is 0 Å². The van der Waals surface area contributed by atoms with Crippen molar-refractivity contribution >= 4 is 21.9 Å². The van der Waals surface area contributed by atoms with Gasteiger partial charge < -0.3 is 9.84 Å². The molecule has 0 bridgehead atoms. The Labute approximate surface area is 119 Å². The molecule has 1 N–H and O–H groups in total. The van der Waals surface area contributed by atoms with Gasteiger partial charge in [0.25, 0.3) is 0 Å². The number of ether oxygens (including phenoxy) is 1. The minimum atomic E-state index is -1.31. The van der Waals surface area contributed by atoms with Crippen molar-refractivity contribution in [3.63, 3.8) is 0 Å². The minimum absolute atomic E-state index is 0.217. The summed E-state index contributed by atoms with van der Waals surface area (Å²) in [4.78, 5) is 10.6. The van der Waals surface area contributed by atoms with Crippen molar-refractivity contribution < 1.29 is 27.8 Å². The summed E-state index contributed by atoms with van der Waals surface area (Å²) in [5.74, 6) is -5.66. The van der Waals surface area contributed by atoms with Crippen molar-refractivity contribution in [1.29, 1.82) is 0 Å². The molecule has 20 heavy (non-hydrogen) atoms. The van der Waals surface area contributed by atoms with Gasteiger partial charge in [0.1, 0.15) is 0 Å². The molecule has 0 fully saturated rings. The van der Waals surface area contributed by atoms with Crippen molar-refractivity contribution in [2.45, 2.75) is 0 Å². The Morgan fingerprint density at radius 1 is 1.05 bits per heavy atom. The summed E-state index contributed by atoms with van der Waals surface area (Å²) in [5.41, 5.74) is -0.282. The topological polar surface area (TPSA) is 46.5 Å². The number of carbonyl (C=O) groups is 1. The lowest BCUT2D eigenvalue weighted by molar-refractivity contribution is 0.0696. The second kappa shape index (κ2) is 5.54. The van der Waals surface area contributed by atoms with Gasteiger partial charge >= 0.3 is 5.97 Å². The lowest BCUT2D eigenvalue weighted by Gasteiger charge is -2.09. The molecule has 0 radical (unpaired) electrons. The first-order valence-electron chi connectivity index (χ1n) is 5.23. The summed E-state index contributed by atoms with van der Waals surface area (Å²) >= 11 is 2.95. The Hall–Kier alpha value is -2.02. The molecule has 0 aliphatic carbocycles. The molecule has 0 aliphatic rings. The van der Waals surface area contributed by atoms with Crippen LogP contribution in [0.4, 0.5) is 13.2 Å². The molecule has 0 heterocycles. The third-order valence-electron chi connectivity index (χ3n) is 2.36. The van der Waals surface area contributed by atoms with Crippen LogP contribution in [0.2, 0.25) is 0 Å². The SMILES string of the molecule is O=C(O)c1ccc(Oc2cc(Br)cc(F)c2F)c(F)c1. The number of carboxylic acids is 1. The summed E-state index contributed by atoms with van der Waals surface area (Å²) < 4.78 is 45.4. The second-order valence-electron chi connectivity index (χ2n) is 3.75. The summed E-state index contributed by atoms with van der Waals surface area (Å²) in [5, 5.41) is 8.68. The van der Waals surface area contributed by atoms with E-state index >= 15 is 0 Å². The standard InChI is InChI=1S/C13H6BrF3O3/c14-7-4-9(16)12(17)11(5-7)20-10-2-1-6(13(18)19)3-8(10)15/h1-5H,(H,18,19). The Morgan fingerprint density at radius 3 is 2.35 bits per heavy atom. The minimum Gasteiger partial charge on any atom is -0.478 e. The highest BCUT2D eigenvalue weighted by molar-refractivity contribution is 9.10. The van der Waals surface area contributed by atoms with E-state index in [-0.39, 0.29) is 10.0 Å². The molecule has 2 aromatic carbocycles. The van der Waals surface area contributed by atoms with Gasteiger partial charge in [-0.25, -0.2) is 13.6 Å². The number of carboxylic acid groups (broad SMARTS) is 1. The smallest absolute Gasteiger partial charge is 0.335 e. The average Bonchev–Trinajstić information content (AvgIpc) is 2.37. The van der Waals surface area contributed by atoms with E-state index in [1.54, 1.807) is 0 Å². The number of benzene rings is 2. The van der Waals surface area contributed by atoms with Crippen LogP contribution in [0.15, 0.2) is 34.8 Å². The highest BCUT2D eigenvalue weighted by atomic mass is 79.9. The van der Waals surface area contributed by atoms with Crippen LogP contribution >= 0.6 is 15.9 Å². The summed E-state index contributed by atoms with van der Waals surface area (Å²) in [6, 6.07) is 4.86. The molecular weight excluding hydrogens is 341 g/mol. The van der Waals surface area contributed by atoms with Gasteiger partial charge in [0, 0.05) is 4.47 Å². The zero-order chi connectivity index (χ0) is 14.9. The number of aromatic carboxylic acids is 1. The first-order chi connectivity index (χ1) is 9.38. The molecular formula is C13H6BrF3O3. The van der Waals surface area contributed by atoms with Gasteiger partial charge in [-0.3, -0.25) is 0 Å². The number of hydrogen-bond acceptors (Lipinski definition) is 2. The molecule has 0 amide bonds. The Kier molecular flexibility index (Phi) is 3.99. The van der Waals surface area contributed by atoms with Crippen molar-refractivity contribution in [1.82, 2.24) is 0 Å². The van der Waals surface area contributed by atoms with Crippen LogP contribution in [0.1, 0.15) is 10.4 Å². The predicted molar refractivity (Wildman–Crippen MR) is 67.5 cm³/mol. The van der Waals surface area contributed by atoms with Crippen LogP contribution in [-0.2, 0) is 0 Å². The van der Waals surface area contributed by atoms with Gasteiger partial charge in [0.15, 0.2) is 23.1 Å². The third kappa shape index (κ3) is 2.93. The monoisotopic (exact) mass is 346 g/mol. The molecule has 0 saturated carbocycles. The van der Waals surface area contributed by atoms with Gasteiger partial charge in [-0.15, -0.1) is 0 Å². The van der Waals surface area contributed by atoms with E-state index in [1.165, 1.54) is 0 Å². The zero-order valence-electron chi connectivity index (χ0n) is 9.66. The van der Waals surface area contributed by atoms with Gasteiger partial charge in [-0.05, 0) is 30.3 Å². The van der Waals surface area contributed by atoms with Crippen molar-refractivity contribution in [3.05, 3.63) is 57.8 Å². The zero-order valence-corrected chi connectivity index (χ0v) is 11.2. The van der Waals surface area contributed by atoms with E-state index in [4.69, 9.17) is 9.84 Å². The normalized spacial score (nSPS) is 10.4. The number of halogens is 4. The quantitative estimate of drug-likeness (QED) is 0.840. The Morgan fingerprint density at radius 2 is 1.75 bits per heavy atom. The van der Waals surface area contributed by atoms with Crippen LogP contribution in [-0.4, -0.2) is 11.1 Å². The van der Waals surface area contributed by atoms with Crippen LogP contribution in [0, 0.1) is 17.5 Å². The Balaban J connectivity index is 2.38. The van der Waals surface area contributed by atoms with E-state index in [1.807, 2.05) is 0 Å². The lowest BCUT2D eigenvalue weighted by atomic mass is 10.2. The van der Waals surface area contributed by atoms with Gasteiger partial charge in [0.2, 0.25) is 5.82 Å². The highest BCUT2D eigenvalue weighted by Gasteiger charge is 2.15. The maximum absolute atomic E-state index is 13.6. The molecule has 2 aromatic rings. The largest absolute Gasteiger partial charge is 0.478 e. The van der Waals surface area contributed by atoms with Crippen LogP contribution in [0.25, 0.3) is 0 Å². The van der Waals surface area contributed by atoms with Gasteiger partial charge in [0.05, 0.1) is 5.56 Å². The second-order valence-corrected chi connectivity index (χ2v) is 4.67. The van der Waals surface area contributed by atoms with E-state index in [0.717, 1.165) is 30.3 Å². The van der Waals surface area contributed by atoms with Gasteiger partial charge in [-0.2, -0.15) is 4.39 Å². The van der Waals surface area contributed by atoms with E-state index in [0.29, 0.717) is 0 Å². The molecule has 104 valence electrons. The fraction of sp³-hybridized carbons (Fsp3) is 0. The fourth-order valence-corrected chi connectivity index (χ4v) is 1.85. The molecule has 0 aliphatic heterocycles. The van der Waals surface area contributed by atoms with Crippen LogP contribution in [0.5, 0.6) is 11.5 Å². The van der Waals surface area contributed by atoms with Gasteiger partial charge in [-0.1, -0.05) is 15.9 Å². The molecule has 7 heteroatoms. The van der Waals surface area contributed by atoms with E-state index in [2.05, 4.69) is 15.9 Å². The average molecular weight is 347 g/mol. The molecule has 3 nitrogen and oxygen atoms in total. The van der Waals surface area contributed by atoms with Crippen molar-refractivity contribution in [2.24, 2.45) is 0 Å². The molecule has 0 unspecified atom stereocenters. The number of hydrogen-bond donors (Lipinski definition) is 1. The third-order valence-corrected chi connectivity index (χ3v) is 2.82. The van der Waals surface area contributed by atoms with Crippen LogP contribution < -0.4 is 4.74 Å². The summed E-state index contributed by atoms with van der Waals surface area (Å²) in [6.45, 7) is 0. The highest BCUT2D eigenvalue weighted by Crippen LogP contribution is 2.31. The molecule has 0 saturated heterocycles. The molecule has 0 spiro atoms. The summed E-state index contributed by atoms with van der Waals surface area (Å²) in [7, 11) is 0. The first kappa shape index (κ1) is 14.4. The molecule has 0 atom stereocenters. The van der Waals surface area contributed by atoms with Crippen molar-refractivity contribution in [3.8, 4) is 11.5 Å². The first-order valence-corrected chi connectivity index (χ1v) is 6.03. The lowest BCUT2D eigenvalue weighted by Crippen LogP contribution is -1.99. The van der Waals surface area contributed by atoms with Crippen molar-refractivity contribution in [2.75, 3.05) is 0 Å². The number of rotatable bonds is 3. The maximum Gasteiger partial charge on any atom is 0.335 e. The van der Waals surface area contributed by atoms with E-state index < -0.39 is 34.9 Å².